The lowest BCUT2D eigenvalue weighted by atomic mass is 10.0. The largest absolute Gasteiger partial charge is 0.478 e. The lowest BCUT2D eigenvalue weighted by molar-refractivity contribution is 0.0696. The Balaban J connectivity index is 1.26. The molecule has 1 heterocycles. The molecule has 0 bridgehead atoms. The highest BCUT2D eigenvalue weighted by Gasteiger charge is 2.46. The summed E-state index contributed by atoms with van der Waals surface area (Å²) in [6.45, 7) is 0.566. The molecular formula is C36H28FN3O3. The second-order valence-electron chi connectivity index (χ2n) is 11.1. The monoisotopic (exact) mass is 569 g/mol. The number of carboxylic acids is 1. The van der Waals surface area contributed by atoms with Crippen LogP contribution < -0.4 is 10.6 Å². The molecule has 0 unspecified atom stereocenters. The molecule has 212 valence electrons. The molecule has 5 aromatic carbocycles. The maximum Gasteiger partial charge on any atom is 0.335 e. The molecular weight excluding hydrogens is 541 g/mol. The summed E-state index contributed by atoms with van der Waals surface area (Å²) in [6, 6.07) is 33.2. The van der Waals surface area contributed by atoms with Gasteiger partial charge < -0.3 is 20.3 Å². The summed E-state index contributed by atoms with van der Waals surface area (Å²) in [7, 11) is 0. The quantitative estimate of drug-likeness (QED) is 0.174. The van der Waals surface area contributed by atoms with Crippen molar-refractivity contribution in [2.45, 2.75) is 24.9 Å². The van der Waals surface area contributed by atoms with Gasteiger partial charge in [-0.25, -0.2) is 9.18 Å². The van der Waals surface area contributed by atoms with E-state index in [4.69, 9.17) is 0 Å². The van der Waals surface area contributed by atoms with Crippen molar-refractivity contribution in [3.05, 3.63) is 143 Å². The van der Waals surface area contributed by atoms with Crippen LogP contribution in [0.1, 0.15) is 44.7 Å². The van der Waals surface area contributed by atoms with Crippen molar-refractivity contribution in [1.29, 1.82) is 0 Å². The Labute approximate surface area is 247 Å². The predicted molar refractivity (Wildman–Crippen MR) is 166 cm³/mol. The van der Waals surface area contributed by atoms with Gasteiger partial charge >= 0.3 is 5.97 Å². The minimum Gasteiger partial charge on any atom is -0.478 e. The van der Waals surface area contributed by atoms with Gasteiger partial charge in [-0.05, 0) is 95.4 Å². The Bertz CT molecular complexity index is 2010. The van der Waals surface area contributed by atoms with E-state index in [-0.39, 0.29) is 17.3 Å². The van der Waals surface area contributed by atoms with E-state index in [1.165, 1.54) is 17.5 Å². The van der Waals surface area contributed by atoms with Crippen molar-refractivity contribution in [3.63, 3.8) is 0 Å². The average molecular weight is 570 g/mol. The van der Waals surface area contributed by atoms with Gasteiger partial charge in [0.1, 0.15) is 5.82 Å². The summed E-state index contributed by atoms with van der Waals surface area (Å²) < 4.78 is 15.6. The Morgan fingerprint density at radius 2 is 1.58 bits per heavy atom. The van der Waals surface area contributed by atoms with E-state index < -0.39 is 11.5 Å². The number of amides is 1. The maximum absolute atomic E-state index is 14.0. The standard InChI is InChI=1S/C36H28FN3O3/c37-28-11-13-29(14-12-28)38-32-16-15-31(34(41)39-36(18-19-36)27-9-7-25(8-10-27)35(42)43)33-30(32)17-20-40(33)22-23-5-6-24-3-1-2-4-26(24)21-23/h1-17,20-21,38H,18-19,22H2,(H,39,41)(H,42,43). The second-order valence-corrected chi connectivity index (χ2v) is 11.1. The van der Waals surface area contributed by atoms with Crippen LogP contribution in [0.15, 0.2) is 115 Å². The summed E-state index contributed by atoms with van der Waals surface area (Å²) in [4.78, 5) is 25.3. The third kappa shape index (κ3) is 5.10. The number of aromatic nitrogens is 1. The van der Waals surface area contributed by atoms with Crippen molar-refractivity contribution in [1.82, 2.24) is 9.88 Å². The highest BCUT2D eigenvalue weighted by Crippen LogP contribution is 2.46. The molecule has 6 aromatic rings. The summed E-state index contributed by atoms with van der Waals surface area (Å²) in [5.41, 5.74) is 4.56. The topological polar surface area (TPSA) is 83.4 Å². The smallest absolute Gasteiger partial charge is 0.335 e. The fourth-order valence-electron chi connectivity index (χ4n) is 5.80. The molecule has 1 fully saturated rings. The van der Waals surface area contributed by atoms with Crippen LogP contribution in [-0.4, -0.2) is 21.6 Å². The number of aromatic carboxylic acids is 1. The zero-order valence-electron chi connectivity index (χ0n) is 23.2. The number of anilines is 2. The van der Waals surface area contributed by atoms with Gasteiger partial charge in [0.15, 0.2) is 0 Å². The van der Waals surface area contributed by atoms with E-state index in [9.17, 15) is 19.1 Å². The number of nitrogens with one attached hydrogen (secondary N) is 2. The lowest BCUT2D eigenvalue weighted by Gasteiger charge is -2.20. The van der Waals surface area contributed by atoms with Crippen LogP contribution in [0.2, 0.25) is 0 Å². The Morgan fingerprint density at radius 1 is 0.837 bits per heavy atom. The first-order chi connectivity index (χ1) is 20.9. The van der Waals surface area contributed by atoms with Gasteiger partial charge in [0.25, 0.3) is 5.91 Å². The molecule has 0 aliphatic heterocycles. The van der Waals surface area contributed by atoms with E-state index in [2.05, 4.69) is 45.5 Å². The van der Waals surface area contributed by atoms with E-state index in [1.54, 1.807) is 36.4 Å². The van der Waals surface area contributed by atoms with Crippen LogP contribution in [0.25, 0.3) is 21.7 Å². The third-order valence-corrected chi connectivity index (χ3v) is 8.25. The molecule has 43 heavy (non-hydrogen) atoms. The van der Waals surface area contributed by atoms with Crippen LogP contribution in [0.5, 0.6) is 0 Å². The van der Waals surface area contributed by atoms with Crippen LogP contribution in [0.3, 0.4) is 0 Å². The van der Waals surface area contributed by atoms with Crippen molar-refractivity contribution in [2.75, 3.05) is 5.32 Å². The molecule has 0 spiro atoms. The summed E-state index contributed by atoms with van der Waals surface area (Å²) in [5, 5.41) is 19.1. The normalized spacial score (nSPS) is 13.6. The van der Waals surface area contributed by atoms with Gasteiger partial charge in [0.05, 0.1) is 22.2 Å². The highest BCUT2D eigenvalue weighted by atomic mass is 19.1. The van der Waals surface area contributed by atoms with Crippen molar-refractivity contribution in [3.8, 4) is 0 Å². The SMILES string of the molecule is O=C(O)c1ccc(C2(NC(=O)c3ccc(Nc4ccc(F)cc4)c4ccn(Cc5ccc6ccccc6c5)c34)CC2)cc1. The first-order valence-corrected chi connectivity index (χ1v) is 14.2. The van der Waals surface area contributed by atoms with Gasteiger partial charge in [-0.2, -0.15) is 0 Å². The minimum absolute atomic E-state index is 0.198. The first kappa shape index (κ1) is 26.5. The van der Waals surface area contributed by atoms with Crippen LogP contribution in [-0.2, 0) is 12.1 Å². The molecule has 1 aromatic heterocycles. The maximum atomic E-state index is 14.0. The fourth-order valence-corrected chi connectivity index (χ4v) is 5.80. The predicted octanol–water partition coefficient (Wildman–Crippen LogP) is 7.84. The van der Waals surface area contributed by atoms with Gasteiger partial charge in [-0.1, -0.05) is 48.5 Å². The zero-order valence-corrected chi connectivity index (χ0v) is 23.2. The summed E-state index contributed by atoms with van der Waals surface area (Å²) >= 11 is 0. The number of halogens is 1. The lowest BCUT2D eigenvalue weighted by Crippen LogP contribution is -2.35. The number of rotatable bonds is 8. The van der Waals surface area contributed by atoms with E-state index in [1.807, 2.05) is 36.5 Å². The molecule has 0 radical (unpaired) electrons. The minimum atomic E-state index is -0.982. The Hall–Kier alpha value is -5.43. The zero-order chi connectivity index (χ0) is 29.6. The fraction of sp³-hybridized carbons (Fsp3) is 0.111. The van der Waals surface area contributed by atoms with Gasteiger partial charge in [0.2, 0.25) is 0 Å². The molecule has 1 saturated carbocycles. The first-order valence-electron chi connectivity index (χ1n) is 14.2. The number of fused-ring (bicyclic) bond motifs is 2. The van der Waals surface area contributed by atoms with Crippen molar-refractivity contribution < 1.29 is 19.1 Å². The van der Waals surface area contributed by atoms with E-state index in [0.29, 0.717) is 12.1 Å². The third-order valence-electron chi connectivity index (χ3n) is 8.25. The number of benzene rings is 5. The molecule has 3 N–H and O–H groups in total. The number of nitrogens with zero attached hydrogens (tertiary/aromatic N) is 1. The van der Waals surface area contributed by atoms with E-state index in [0.717, 1.165) is 51.6 Å². The highest BCUT2D eigenvalue weighted by molar-refractivity contribution is 6.10. The summed E-state index contributed by atoms with van der Waals surface area (Å²) in [5.74, 6) is -1.49. The Kier molecular flexibility index (Phi) is 6.43. The van der Waals surface area contributed by atoms with Crippen LogP contribution in [0, 0.1) is 5.82 Å². The number of carboxylic acid groups (broad SMARTS) is 1. The van der Waals surface area contributed by atoms with E-state index >= 15 is 0 Å². The number of carbonyl (C=O) groups is 2. The molecule has 7 rings (SSSR count). The molecule has 1 aliphatic rings. The van der Waals surface area contributed by atoms with Crippen molar-refractivity contribution in [2.24, 2.45) is 0 Å². The molecule has 7 heteroatoms. The van der Waals surface area contributed by atoms with Gasteiger partial charge in [-0.15, -0.1) is 0 Å². The molecule has 0 saturated heterocycles. The van der Waals surface area contributed by atoms with Crippen LogP contribution >= 0.6 is 0 Å². The number of carbonyl (C=O) groups excluding carboxylic acids is 1. The van der Waals surface area contributed by atoms with Gasteiger partial charge in [-0.3, -0.25) is 4.79 Å². The van der Waals surface area contributed by atoms with Gasteiger partial charge in [0, 0.05) is 29.5 Å². The second kappa shape index (κ2) is 10.4. The molecule has 6 nitrogen and oxygen atoms in total. The summed E-state index contributed by atoms with van der Waals surface area (Å²) in [6.07, 6.45) is 3.54. The average Bonchev–Trinajstić information content (AvgIpc) is 3.69. The van der Waals surface area contributed by atoms with Crippen LogP contribution in [0.4, 0.5) is 15.8 Å². The number of hydrogen-bond donors (Lipinski definition) is 3. The number of hydrogen-bond acceptors (Lipinski definition) is 3. The molecule has 1 amide bonds. The van der Waals surface area contributed by atoms with Crippen molar-refractivity contribution >= 4 is 44.9 Å². The molecule has 0 atom stereocenters. The molecule has 1 aliphatic carbocycles. The Morgan fingerprint density at radius 3 is 2.30 bits per heavy atom.